The van der Waals surface area contributed by atoms with Crippen LogP contribution in [0.1, 0.15) is 5.56 Å². The number of rotatable bonds is 4. The average Bonchev–Trinajstić information content (AvgIpc) is 2.29. The second-order valence-electron chi connectivity index (χ2n) is 4.44. The molecule has 2 N–H and O–H groups in total. The lowest BCUT2D eigenvalue weighted by atomic mass is 10.2. The van der Waals surface area contributed by atoms with Crippen LogP contribution in [0.5, 0.6) is 5.75 Å². The summed E-state index contributed by atoms with van der Waals surface area (Å²) in [5.74, 6) is 1.05. The first kappa shape index (κ1) is 11.9. The molecule has 4 heteroatoms. The zero-order valence-electron chi connectivity index (χ0n) is 10.2. The van der Waals surface area contributed by atoms with E-state index in [2.05, 4.69) is 5.32 Å². The molecule has 1 unspecified atom stereocenters. The molecule has 1 aliphatic heterocycles. The fourth-order valence-electron chi connectivity index (χ4n) is 1.99. The Balaban J connectivity index is 1.74. The molecule has 4 nitrogen and oxygen atoms in total. The number of benzene rings is 1. The van der Waals surface area contributed by atoms with E-state index in [1.165, 1.54) is 10.5 Å². The minimum atomic E-state index is 0.141. The van der Waals surface area contributed by atoms with E-state index in [1.807, 2.05) is 31.2 Å². The summed E-state index contributed by atoms with van der Waals surface area (Å²) in [5, 5.41) is 2.83. The lowest BCUT2D eigenvalue weighted by molar-refractivity contribution is -0.893. The number of amides is 1. The first-order valence-corrected chi connectivity index (χ1v) is 6.04. The van der Waals surface area contributed by atoms with Crippen LogP contribution in [0.3, 0.4) is 0 Å². The van der Waals surface area contributed by atoms with Gasteiger partial charge in [0.25, 0.3) is 5.91 Å². The molecule has 0 aliphatic carbocycles. The number of hydrogen-bond acceptors (Lipinski definition) is 2. The van der Waals surface area contributed by atoms with Crippen molar-refractivity contribution in [1.29, 1.82) is 0 Å². The molecule has 1 atom stereocenters. The van der Waals surface area contributed by atoms with E-state index < -0.39 is 0 Å². The van der Waals surface area contributed by atoms with Crippen LogP contribution in [0.2, 0.25) is 0 Å². The highest BCUT2D eigenvalue weighted by Gasteiger charge is 2.18. The molecule has 0 bridgehead atoms. The molecule has 2 rings (SSSR count). The maximum atomic E-state index is 11.2. The molecule has 1 heterocycles. The summed E-state index contributed by atoms with van der Waals surface area (Å²) in [7, 11) is 0. The Morgan fingerprint density at radius 3 is 3.12 bits per heavy atom. The van der Waals surface area contributed by atoms with Crippen molar-refractivity contribution in [3.05, 3.63) is 29.8 Å². The molecule has 0 saturated carbocycles. The van der Waals surface area contributed by atoms with E-state index >= 15 is 0 Å². The number of ether oxygens (including phenoxy) is 1. The van der Waals surface area contributed by atoms with Crippen LogP contribution in [-0.4, -0.2) is 38.7 Å². The van der Waals surface area contributed by atoms with Crippen molar-refractivity contribution in [3.63, 3.8) is 0 Å². The predicted molar refractivity (Wildman–Crippen MR) is 65.2 cm³/mol. The summed E-state index contributed by atoms with van der Waals surface area (Å²) in [5.41, 5.74) is 1.20. The zero-order valence-corrected chi connectivity index (χ0v) is 10.2. The highest BCUT2D eigenvalue weighted by atomic mass is 16.5. The average molecular weight is 235 g/mol. The van der Waals surface area contributed by atoms with Crippen LogP contribution < -0.4 is 15.0 Å². The Kier molecular flexibility index (Phi) is 3.98. The highest BCUT2D eigenvalue weighted by Crippen LogP contribution is 2.11. The SMILES string of the molecule is Cc1cccc(OCC[NH+]2CCNC(=O)C2)c1. The van der Waals surface area contributed by atoms with Crippen molar-refractivity contribution in [2.24, 2.45) is 0 Å². The summed E-state index contributed by atoms with van der Waals surface area (Å²) in [6.45, 7) is 5.92. The van der Waals surface area contributed by atoms with Crippen LogP contribution in [0, 0.1) is 6.92 Å². The smallest absolute Gasteiger partial charge is 0.275 e. The Labute approximate surface area is 102 Å². The third kappa shape index (κ3) is 3.75. The number of carbonyl (C=O) groups excluding carboxylic acids is 1. The van der Waals surface area contributed by atoms with Crippen molar-refractivity contribution in [2.75, 3.05) is 32.8 Å². The fourth-order valence-corrected chi connectivity index (χ4v) is 1.99. The maximum absolute atomic E-state index is 11.2. The predicted octanol–water partition coefficient (Wildman–Crippen LogP) is -0.611. The molecule has 1 amide bonds. The van der Waals surface area contributed by atoms with E-state index in [0.29, 0.717) is 13.2 Å². The Bertz CT molecular complexity index is 393. The van der Waals surface area contributed by atoms with Crippen molar-refractivity contribution in [1.82, 2.24) is 5.32 Å². The molecule has 0 aromatic heterocycles. The second-order valence-corrected chi connectivity index (χ2v) is 4.44. The summed E-state index contributed by atoms with van der Waals surface area (Å²) in [4.78, 5) is 12.5. The molecule has 0 spiro atoms. The first-order chi connectivity index (χ1) is 8.24. The van der Waals surface area contributed by atoms with Gasteiger partial charge < -0.3 is 15.0 Å². The van der Waals surface area contributed by atoms with Gasteiger partial charge in [0.1, 0.15) is 18.9 Å². The van der Waals surface area contributed by atoms with Gasteiger partial charge in [0.2, 0.25) is 0 Å². The van der Waals surface area contributed by atoms with Crippen molar-refractivity contribution in [2.45, 2.75) is 6.92 Å². The second kappa shape index (κ2) is 5.68. The minimum absolute atomic E-state index is 0.141. The lowest BCUT2D eigenvalue weighted by Gasteiger charge is -2.23. The molecular weight excluding hydrogens is 216 g/mol. The van der Waals surface area contributed by atoms with Crippen LogP contribution in [0.4, 0.5) is 0 Å². The van der Waals surface area contributed by atoms with Crippen molar-refractivity contribution >= 4 is 5.91 Å². The molecule has 92 valence electrons. The van der Waals surface area contributed by atoms with Gasteiger partial charge >= 0.3 is 0 Å². The number of carbonyl (C=O) groups is 1. The van der Waals surface area contributed by atoms with Gasteiger partial charge in [0, 0.05) is 0 Å². The molecule has 1 fully saturated rings. The van der Waals surface area contributed by atoms with Gasteiger partial charge in [-0.1, -0.05) is 12.1 Å². The summed E-state index contributed by atoms with van der Waals surface area (Å²) in [6, 6.07) is 8.03. The van der Waals surface area contributed by atoms with Crippen LogP contribution in [-0.2, 0) is 4.79 Å². The van der Waals surface area contributed by atoms with E-state index in [0.717, 1.165) is 25.4 Å². The molecule has 1 saturated heterocycles. The van der Waals surface area contributed by atoms with Gasteiger partial charge in [-0.05, 0) is 24.6 Å². The van der Waals surface area contributed by atoms with E-state index in [-0.39, 0.29) is 5.91 Å². The molecule has 17 heavy (non-hydrogen) atoms. The Hall–Kier alpha value is -1.55. The number of nitrogens with one attached hydrogen (secondary N) is 2. The summed E-state index contributed by atoms with van der Waals surface area (Å²) < 4.78 is 5.67. The normalized spacial score (nSPS) is 19.8. The monoisotopic (exact) mass is 235 g/mol. The molecule has 1 aliphatic rings. The standard InChI is InChI=1S/C13H18N2O2/c1-11-3-2-4-12(9-11)17-8-7-15-6-5-14-13(16)10-15/h2-4,9H,5-8,10H2,1H3,(H,14,16)/p+1. The highest BCUT2D eigenvalue weighted by molar-refractivity contribution is 5.77. The first-order valence-electron chi connectivity index (χ1n) is 6.04. The summed E-state index contributed by atoms with van der Waals surface area (Å²) in [6.07, 6.45) is 0. The van der Waals surface area contributed by atoms with Gasteiger partial charge in [-0.3, -0.25) is 4.79 Å². The molecule has 1 aromatic carbocycles. The van der Waals surface area contributed by atoms with Crippen molar-refractivity contribution in [3.8, 4) is 5.75 Å². The third-order valence-electron chi connectivity index (χ3n) is 2.93. The fraction of sp³-hybridized carbons (Fsp3) is 0.462. The van der Waals surface area contributed by atoms with E-state index in [4.69, 9.17) is 4.74 Å². The van der Waals surface area contributed by atoms with Crippen LogP contribution in [0.25, 0.3) is 0 Å². The number of hydrogen-bond donors (Lipinski definition) is 2. The Morgan fingerprint density at radius 1 is 1.47 bits per heavy atom. The number of aryl methyl sites for hydroxylation is 1. The molecule has 0 radical (unpaired) electrons. The number of piperazine rings is 1. The van der Waals surface area contributed by atoms with Crippen LogP contribution >= 0.6 is 0 Å². The van der Waals surface area contributed by atoms with Gasteiger partial charge in [-0.15, -0.1) is 0 Å². The quantitative estimate of drug-likeness (QED) is 0.731. The van der Waals surface area contributed by atoms with Crippen molar-refractivity contribution < 1.29 is 14.4 Å². The third-order valence-corrected chi connectivity index (χ3v) is 2.93. The van der Waals surface area contributed by atoms with E-state index in [9.17, 15) is 4.79 Å². The molecular formula is C13H19N2O2+. The maximum Gasteiger partial charge on any atom is 0.275 e. The number of quaternary nitrogens is 1. The van der Waals surface area contributed by atoms with Crippen LogP contribution in [0.15, 0.2) is 24.3 Å². The lowest BCUT2D eigenvalue weighted by Crippen LogP contribution is -3.15. The van der Waals surface area contributed by atoms with Gasteiger partial charge in [-0.2, -0.15) is 0 Å². The minimum Gasteiger partial charge on any atom is -0.488 e. The molecule has 1 aromatic rings. The Morgan fingerprint density at radius 2 is 2.35 bits per heavy atom. The van der Waals surface area contributed by atoms with Gasteiger partial charge in [0.15, 0.2) is 6.54 Å². The van der Waals surface area contributed by atoms with Gasteiger partial charge in [-0.25, -0.2) is 0 Å². The van der Waals surface area contributed by atoms with Gasteiger partial charge in [0.05, 0.1) is 13.1 Å². The largest absolute Gasteiger partial charge is 0.488 e. The summed E-state index contributed by atoms with van der Waals surface area (Å²) >= 11 is 0. The van der Waals surface area contributed by atoms with E-state index in [1.54, 1.807) is 0 Å². The zero-order chi connectivity index (χ0) is 12.1. The topological polar surface area (TPSA) is 42.8 Å².